The Balaban J connectivity index is 1.23. The molecule has 176 valence electrons. The van der Waals surface area contributed by atoms with E-state index < -0.39 is 0 Å². The Hall–Kier alpha value is -3.41. The minimum absolute atomic E-state index is 0.250. The van der Waals surface area contributed by atoms with Crippen molar-refractivity contribution in [3.05, 3.63) is 47.4 Å². The number of nitrogen functional groups attached to an aromatic ring is 1. The molecule has 0 aliphatic carbocycles. The van der Waals surface area contributed by atoms with Gasteiger partial charge in [-0.05, 0) is 56.6 Å². The van der Waals surface area contributed by atoms with Crippen molar-refractivity contribution < 1.29 is 0 Å². The lowest BCUT2D eigenvalue weighted by molar-refractivity contribution is 0.280. The standard InChI is InChI=1S/C23H28N10S/c1-15-13-34-20-19(15)26-14-27-21(20)33-22(24)29-23(30-33)28-17-7-6-16(25-11-17)5-4-9-32-10-8-18(12-32)31(2)3/h4-7,11,13-14,18H,8-10,12H2,1-3H3,(H3,24,28,29,30)/b5-4+. The van der Waals surface area contributed by atoms with E-state index in [2.05, 4.69) is 66.4 Å². The number of hydrogen-bond donors (Lipinski definition) is 2. The van der Waals surface area contributed by atoms with Crippen molar-refractivity contribution >= 4 is 45.2 Å². The number of nitrogens with zero attached hydrogens (tertiary/aromatic N) is 8. The fourth-order valence-electron chi connectivity index (χ4n) is 4.07. The zero-order valence-electron chi connectivity index (χ0n) is 19.5. The lowest BCUT2D eigenvalue weighted by Gasteiger charge is -2.19. The number of fused-ring (bicyclic) bond motifs is 1. The fraction of sp³-hybridized carbons (Fsp3) is 0.348. The monoisotopic (exact) mass is 476 g/mol. The van der Waals surface area contributed by atoms with Crippen molar-refractivity contribution in [2.24, 2.45) is 0 Å². The molecule has 1 aliphatic heterocycles. The van der Waals surface area contributed by atoms with Gasteiger partial charge in [-0.25, -0.2) is 9.97 Å². The number of anilines is 3. The summed E-state index contributed by atoms with van der Waals surface area (Å²) in [6, 6.07) is 4.57. The molecule has 1 fully saturated rings. The summed E-state index contributed by atoms with van der Waals surface area (Å²) in [5.41, 5.74) is 9.82. The highest BCUT2D eigenvalue weighted by atomic mass is 32.1. The van der Waals surface area contributed by atoms with Crippen molar-refractivity contribution in [1.29, 1.82) is 0 Å². The summed E-state index contributed by atoms with van der Waals surface area (Å²) in [6.45, 7) is 5.21. The van der Waals surface area contributed by atoms with Gasteiger partial charge in [-0.2, -0.15) is 9.67 Å². The van der Waals surface area contributed by atoms with Gasteiger partial charge in [0.25, 0.3) is 0 Å². The highest BCUT2D eigenvalue weighted by Gasteiger charge is 2.22. The van der Waals surface area contributed by atoms with E-state index in [4.69, 9.17) is 5.73 Å². The van der Waals surface area contributed by atoms with Crippen LogP contribution in [0.2, 0.25) is 0 Å². The van der Waals surface area contributed by atoms with E-state index in [0.29, 0.717) is 17.8 Å². The topological polar surface area (TPSA) is 114 Å². The van der Waals surface area contributed by atoms with E-state index in [9.17, 15) is 0 Å². The minimum Gasteiger partial charge on any atom is -0.368 e. The molecule has 0 radical (unpaired) electrons. The Kier molecular flexibility index (Phi) is 6.22. The maximum absolute atomic E-state index is 6.14. The number of aromatic nitrogens is 6. The molecule has 0 spiro atoms. The number of nitrogens with two attached hydrogens (primary N) is 1. The van der Waals surface area contributed by atoms with Crippen molar-refractivity contribution in [2.45, 2.75) is 19.4 Å². The first-order valence-corrected chi connectivity index (χ1v) is 12.1. The molecule has 0 amide bonds. The predicted molar refractivity (Wildman–Crippen MR) is 137 cm³/mol. The Bertz CT molecular complexity index is 1310. The highest BCUT2D eigenvalue weighted by Crippen LogP contribution is 2.28. The van der Waals surface area contributed by atoms with Gasteiger partial charge in [0.05, 0.1) is 27.8 Å². The third-order valence-corrected chi connectivity index (χ3v) is 7.10. The summed E-state index contributed by atoms with van der Waals surface area (Å²) < 4.78 is 2.46. The molecule has 5 heterocycles. The maximum Gasteiger partial charge on any atom is 0.248 e. The van der Waals surface area contributed by atoms with Crippen LogP contribution in [-0.4, -0.2) is 79.3 Å². The molecule has 5 rings (SSSR count). The van der Waals surface area contributed by atoms with Gasteiger partial charge in [-0.15, -0.1) is 16.4 Å². The van der Waals surface area contributed by atoms with Crippen molar-refractivity contribution in [1.82, 2.24) is 39.5 Å². The molecule has 10 nitrogen and oxygen atoms in total. The number of pyridine rings is 1. The first-order chi connectivity index (χ1) is 16.5. The van der Waals surface area contributed by atoms with Crippen LogP contribution in [0.5, 0.6) is 0 Å². The molecular formula is C23H28N10S. The number of hydrogen-bond acceptors (Lipinski definition) is 10. The van der Waals surface area contributed by atoms with Crippen LogP contribution in [0.15, 0.2) is 36.1 Å². The molecule has 4 aromatic rings. The molecule has 0 bridgehead atoms. The molecule has 1 atom stereocenters. The second-order valence-electron chi connectivity index (χ2n) is 8.66. The Morgan fingerprint density at radius 2 is 2.15 bits per heavy atom. The first-order valence-electron chi connectivity index (χ1n) is 11.2. The van der Waals surface area contributed by atoms with Crippen molar-refractivity contribution in [3.63, 3.8) is 0 Å². The van der Waals surface area contributed by atoms with Gasteiger partial charge in [0.2, 0.25) is 11.9 Å². The molecule has 34 heavy (non-hydrogen) atoms. The molecule has 1 unspecified atom stereocenters. The van der Waals surface area contributed by atoms with E-state index >= 15 is 0 Å². The van der Waals surface area contributed by atoms with Crippen LogP contribution in [0, 0.1) is 6.92 Å². The van der Waals surface area contributed by atoms with Gasteiger partial charge in [0.1, 0.15) is 6.33 Å². The van der Waals surface area contributed by atoms with E-state index in [-0.39, 0.29) is 5.95 Å². The second-order valence-corrected chi connectivity index (χ2v) is 9.54. The summed E-state index contributed by atoms with van der Waals surface area (Å²) in [6.07, 6.45) is 8.74. The maximum atomic E-state index is 6.14. The minimum atomic E-state index is 0.250. The number of nitrogens with one attached hydrogen (secondary N) is 1. The highest BCUT2D eigenvalue weighted by molar-refractivity contribution is 7.17. The van der Waals surface area contributed by atoms with Gasteiger partial charge in [0.15, 0.2) is 5.82 Å². The number of aryl methyl sites for hydroxylation is 1. The molecule has 3 N–H and O–H groups in total. The molecule has 4 aromatic heterocycles. The zero-order chi connectivity index (χ0) is 23.7. The molecule has 1 saturated heterocycles. The van der Waals surface area contributed by atoms with Crippen molar-refractivity contribution in [3.8, 4) is 5.82 Å². The lowest BCUT2D eigenvalue weighted by atomic mass is 10.2. The van der Waals surface area contributed by atoms with Crippen LogP contribution < -0.4 is 11.1 Å². The van der Waals surface area contributed by atoms with Crippen LogP contribution in [0.4, 0.5) is 17.6 Å². The van der Waals surface area contributed by atoms with Gasteiger partial charge < -0.3 is 16.0 Å². The van der Waals surface area contributed by atoms with Crippen LogP contribution >= 0.6 is 11.3 Å². The lowest BCUT2D eigenvalue weighted by Crippen LogP contribution is -2.31. The molecule has 1 aliphatic rings. The average Bonchev–Trinajstić information content (AvgIpc) is 3.54. The quantitative estimate of drug-likeness (QED) is 0.415. The number of thiophene rings is 1. The van der Waals surface area contributed by atoms with E-state index in [0.717, 1.165) is 46.8 Å². The summed E-state index contributed by atoms with van der Waals surface area (Å²) >= 11 is 1.56. The average molecular weight is 477 g/mol. The molecule has 11 heteroatoms. The van der Waals surface area contributed by atoms with Crippen LogP contribution in [0.1, 0.15) is 17.7 Å². The van der Waals surface area contributed by atoms with E-state index in [1.165, 1.54) is 17.4 Å². The number of likely N-dealkylation sites (tertiary alicyclic amines) is 1. The summed E-state index contributed by atoms with van der Waals surface area (Å²) in [5, 5.41) is 9.72. The van der Waals surface area contributed by atoms with Crippen LogP contribution in [0.25, 0.3) is 22.1 Å². The zero-order valence-corrected chi connectivity index (χ0v) is 20.3. The molecular weight excluding hydrogens is 448 g/mol. The smallest absolute Gasteiger partial charge is 0.248 e. The van der Waals surface area contributed by atoms with Gasteiger partial charge in [0, 0.05) is 25.7 Å². The number of rotatable bonds is 7. The van der Waals surface area contributed by atoms with Crippen LogP contribution in [-0.2, 0) is 0 Å². The van der Waals surface area contributed by atoms with Gasteiger partial charge in [-0.3, -0.25) is 9.88 Å². The van der Waals surface area contributed by atoms with E-state index in [1.54, 1.807) is 17.5 Å². The van der Waals surface area contributed by atoms with Crippen molar-refractivity contribution in [2.75, 3.05) is 44.8 Å². The third kappa shape index (κ3) is 4.63. The SMILES string of the molecule is Cc1csc2c(-n3nc(Nc4ccc(/C=C/CN5CCC(N(C)C)C5)nc4)nc3N)ncnc12. The summed E-state index contributed by atoms with van der Waals surface area (Å²) in [5.74, 6) is 1.25. The summed E-state index contributed by atoms with van der Waals surface area (Å²) in [4.78, 5) is 22.4. The second kappa shape index (κ2) is 9.45. The number of likely N-dealkylation sites (N-methyl/N-ethyl adjacent to an activating group) is 1. The Morgan fingerprint density at radius 1 is 1.26 bits per heavy atom. The Labute approximate surface area is 202 Å². The molecule has 0 saturated carbocycles. The predicted octanol–water partition coefficient (Wildman–Crippen LogP) is 2.95. The van der Waals surface area contributed by atoms with Gasteiger partial charge >= 0.3 is 0 Å². The van der Waals surface area contributed by atoms with Crippen LogP contribution in [0.3, 0.4) is 0 Å². The third-order valence-electron chi connectivity index (χ3n) is 6.02. The van der Waals surface area contributed by atoms with Gasteiger partial charge in [-0.1, -0.05) is 6.08 Å². The summed E-state index contributed by atoms with van der Waals surface area (Å²) in [7, 11) is 4.30. The normalized spacial score (nSPS) is 16.9. The fourth-order valence-corrected chi connectivity index (χ4v) is 5.05. The molecule has 0 aromatic carbocycles. The first kappa shape index (κ1) is 22.4. The Morgan fingerprint density at radius 3 is 2.91 bits per heavy atom. The largest absolute Gasteiger partial charge is 0.368 e. The van der Waals surface area contributed by atoms with E-state index in [1.807, 2.05) is 24.4 Å².